The third-order valence-corrected chi connectivity index (χ3v) is 8.83. The summed E-state index contributed by atoms with van der Waals surface area (Å²) >= 11 is 0. The van der Waals surface area contributed by atoms with E-state index in [9.17, 15) is 9.90 Å². The van der Waals surface area contributed by atoms with Crippen molar-refractivity contribution in [1.29, 1.82) is 0 Å². The number of hydrogen-bond donors (Lipinski definition) is 1. The summed E-state index contributed by atoms with van der Waals surface area (Å²) in [5.41, 5.74) is 0. The Morgan fingerprint density at radius 1 is 0.350 bits per heavy atom. The second-order valence-electron chi connectivity index (χ2n) is 12.9. The largest absolute Gasteiger partial charge is 0.465 e. The quantitative estimate of drug-likeness (QED) is 0.0788. The number of unbranched alkanes of at least 4 members (excludes halogenated alkanes) is 30. The van der Waals surface area contributed by atoms with Gasteiger partial charge in [0, 0.05) is 13.1 Å². The monoisotopic (exact) mass is 566 g/mol. The van der Waals surface area contributed by atoms with Crippen molar-refractivity contribution in [3.8, 4) is 0 Å². The molecule has 0 radical (unpaired) electrons. The Bertz CT molecular complexity index is 445. The van der Waals surface area contributed by atoms with E-state index in [1.165, 1.54) is 193 Å². The summed E-state index contributed by atoms with van der Waals surface area (Å²) in [6.45, 7) is 6.03. The maximum atomic E-state index is 11.6. The summed E-state index contributed by atoms with van der Waals surface area (Å²) in [5, 5.41) is 9.55. The van der Waals surface area contributed by atoms with Crippen LogP contribution in [0.1, 0.15) is 219 Å². The van der Waals surface area contributed by atoms with Crippen molar-refractivity contribution in [3.63, 3.8) is 0 Å². The van der Waals surface area contributed by atoms with Crippen LogP contribution in [0.25, 0.3) is 0 Å². The van der Waals surface area contributed by atoms with Gasteiger partial charge < -0.3 is 10.0 Å². The van der Waals surface area contributed by atoms with E-state index in [1.54, 1.807) is 4.90 Å². The highest BCUT2D eigenvalue weighted by Gasteiger charge is 2.10. The van der Waals surface area contributed by atoms with Gasteiger partial charge in [0.2, 0.25) is 0 Å². The van der Waals surface area contributed by atoms with Crippen LogP contribution in [0.4, 0.5) is 4.79 Å². The molecule has 0 fully saturated rings. The highest BCUT2D eigenvalue weighted by Crippen LogP contribution is 2.15. The van der Waals surface area contributed by atoms with Crippen molar-refractivity contribution in [2.75, 3.05) is 13.1 Å². The van der Waals surface area contributed by atoms with Crippen LogP contribution in [0.5, 0.6) is 0 Å². The fourth-order valence-electron chi connectivity index (χ4n) is 6.00. The molecule has 3 nitrogen and oxygen atoms in total. The van der Waals surface area contributed by atoms with E-state index in [4.69, 9.17) is 0 Å². The molecule has 0 aliphatic carbocycles. The number of rotatable bonds is 34. The lowest BCUT2D eigenvalue weighted by Crippen LogP contribution is -2.31. The Balaban J connectivity index is 3.37. The predicted molar refractivity (Wildman–Crippen MR) is 179 cm³/mol. The summed E-state index contributed by atoms with van der Waals surface area (Å²) in [6, 6.07) is 0. The molecule has 0 spiro atoms. The minimum Gasteiger partial charge on any atom is -0.465 e. The van der Waals surface area contributed by atoms with Gasteiger partial charge in [-0.15, -0.1) is 0 Å². The summed E-state index contributed by atoms with van der Waals surface area (Å²) in [4.78, 5) is 13.3. The van der Waals surface area contributed by atoms with E-state index < -0.39 is 6.09 Å². The summed E-state index contributed by atoms with van der Waals surface area (Å²) in [7, 11) is 0. The first kappa shape index (κ1) is 39.3. The average Bonchev–Trinajstić information content (AvgIpc) is 2.95. The first-order chi connectivity index (χ1) is 19.7. The maximum Gasteiger partial charge on any atom is 0.407 e. The van der Waals surface area contributed by atoms with Crippen molar-refractivity contribution < 1.29 is 9.90 Å². The van der Waals surface area contributed by atoms with E-state index in [0.29, 0.717) is 0 Å². The second kappa shape index (κ2) is 34.5. The number of hydrogen-bond acceptors (Lipinski definition) is 1. The summed E-state index contributed by atoms with van der Waals surface area (Å²) in [5.74, 6) is 0. The maximum absolute atomic E-state index is 11.6. The molecule has 1 amide bonds. The highest BCUT2D eigenvalue weighted by molar-refractivity contribution is 5.64. The summed E-state index contributed by atoms with van der Waals surface area (Å²) in [6.07, 6.45) is 42.8. The summed E-state index contributed by atoms with van der Waals surface area (Å²) < 4.78 is 0. The smallest absolute Gasteiger partial charge is 0.407 e. The van der Waals surface area contributed by atoms with Gasteiger partial charge in [0.25, 0.3) is 0 Å². The third-order valence-electron chi connectivity index (χ3n) is 8.83. The number of carbonyl (C=O) groups is 1. The lowest BCUT2D eigenvalue weighted by molar-refractivity contribution is 0.143. The van der Waals surface area contributed by atoms with Gasteiger partial charge >= 0.3 is 6.09 Å². The van der Waals surface area contributed by atoms with Gasteiger partial charge in [0.15, 0.2) is 0 Å². The molecule has 0 heterocycles. The molecule has 0 saturated heterocycles. The zero-order valence-corrected chi connectivity index (χ0v) is 27.8. The standard InChI is InChI=1S/C37H75NO2/c1-3-5-7-9-11-13-15-17-19-21-23-25-27-29-31-33-35-38(37(39)40)36-34-32-30-28-26-24-22-20-18-16-14-12-10-8-6-4-2/h3-36H2,1-2H3,(H,39,40). The van der Waals surface area contributed by atoms with Crippen LogP contribution in [-0.2, 0) is 0 Å². The van der Waals surface area contributed by atoms with Crippen LogP contribution in [0.2, 0.25) is 0 Å². The van der Waals surface area contributed by atoms with Gasteiger partial charge in [-0.2, -0.15) is 0 Å². The Morgan fingerprint density at radius 2 is 0.525 bits per heavy atom. The van der Waals surface area contributed by atoms with E-state index in [-0.39, 0.29) is 0 Å². The number of nitrogens with zero attached hydrogens (tertiary/aromatic N) is 1. The van der Waals surface area contributed by atoms with Crippen molar-refractivity contribution in [2.24, 2.45) is 0 Å². The van der Waals surface area contributed by atoms with E-state index >= 15 is 0 Å². The minimum absolute atomic E-state index is 0.720. The first-order valence-electron chi connectivity index (χ1n) is 18.7. The van der Waals surface area contributed by atoms with E-state index in [1.807, 2.05) is 0 Å². The third kappa shape index (κ3) is 31.8. The van der Waals surface area contributed by atoms with Gasteiger partial charge in [-0.25, -0.2) is 4.79 Å². The van der Waals surface area contributed by atoms with E-state index in [2.05, 4.69) is 13.8 Å². The molecular formula is C37H75NO2. The molecular weight excluding hydrogens is 490 g/mol. The van der Waals surface area contributed by atoms with Crippen LogP contribution in [0.3, 0.4) is 0 Å². The molecule has 40 heavy (non-hydrogen) atoms. The highest BCUT2D eigenvalue weighted by atomic mass is 16.4. The van der Waals surface area contributed by atoms with Gasteiger partial charge in [-0.1, -0.05) is 206 Å². The normalized spacial score (nSPS) is 11.3. The van der Waals surface area contributed by atoms with Gasteiger partial charge in [0.05, 0.1) is 0 Å². The molecule has 0 aliphatic heterocycles. The predicted octanol–water partition coefficient (Wildman–Crippen LogP) is 13.5. The molecule has 0 unspecified atom stereocenters. The molecule has 0 rings (SSSR count). The molecule has 3 heteroatoms. The first-order valence-corrected chi connectivity index (χ1v) is 18.7. The Labute approximate surface area is 253 Å². The molecule has 0 aromatic carbocycles. The Kier molecular flexibility index (Phi) is 33.8. The molecule has 0 aromatic heterocycles. The molecule has 0 bridgehead atoms. The van der Waals surface area contributed by atoms with Crippen LogP contribution in [-0.4, -0.2) is 29.2 Å². The number of carboxylic acid groups (broad SMARTS) is 1. The fraction of sp³-hybridized carbons (Fsp3) is 0.973. The van der Waals surface area contributed by atoms with Gasteiger partial charge in [0.1, 0.15) is 0 Å². The fourth-order valence-corrected chi connectivity index (χ4v) is 6.00. The van der Waals surface area contributed by atoms with Crippen molar-refractivity contribution >= 4 is 6.09 Å². The molecule has 0 aliphatic rings. The van der Waals surface area contributed by atoms with Crippen molar-refractivity contribution in [3.05, 3.63) is 0 Å². The molecule has 1 N–H and O–H groups in total. The zero-order chi connectivity index (χ0) is 29.2. The average molecular weight is 566 g/mol. The topological polar surface area (TPSA) is 40.5 Å². The second-order valence-corrected chi connectivity index (χ2v) is 12.9. The Hall–Kier alpha value is -0.730. The van der Waals surface area contributed by atoms with Crippen LogP contribution < -0.4 is 0 Å². The van der Waals surface area contributed by atoms with Gasteiger partial charge in [-0.05, 0) is 12.8 Å². The number of amides is 1. The van der Waals surface area contributed by atoms with Crippen molar-refractivity contribution in [1.82, 2.24) is 4.90 Å². The van der Waals surface area contributed by atoms with Crippen LogP contribution in [0.15, 0.2) is 0 Å². The van der Waals surface area contributed by atoms with Crippen LogP contribution >= 0.6 is 0 Å². The lowest BCUT2D eigenvalue weighted by Gasteiger charge is -2.19. The van der Waals surface area contributed by atoms with Crippen molar-refractivity contribution in [2.45, 2.75) is 219 Å². The molecule has 0 aromatic rings. The van der Waals surface area contributed by atoms with Crippen LogP contribution in [0, 0.1) is 0 Å². The molecule has 0 atom stereocenters. The molecule has 240 valence electrons. The zero-order valence-electron chi connectivity index (χ0n) is 27.8. The van der Waals surface area contributed by atoms with Gasteiger partial charge in [-0.3, -0.25) is 0 Å². The minimum atomic E-state index is -0.720. The van der Waals surface area contributed by atoms with E-state index in [0.717, 1.165) is 25.9 Å². The SMILES string of the molecule is CCCCCCCCCCCCCCCCCCN(CCCCCCCCCCCCCCCCCC)C(=O)O. The Morgan fingerprint density at radius 3 is 0.700 bits per heavy atom. The molecule has 0 saturated carbocycles. The lowest BCUT2D eigenvalue weighted by atomic mass is 10.0.